The van der Waals surface area contributed by atoms with E-state index >= 15 is 0 Å². The van der Waals surface area contributed by atoms with Crippen LogP contribution in [0.4, 0.5) is 10.1 Å². The fraction of sp³-hybridized carbons (Fsp3) is 0.429. The number of carbonyl (C=O) groups excluding carboxylic acids is 1. The molecule has 3 aromatic rings. The fourth-order valence-corrected chi connectivity index (χ4v) is 7.48. The fourth-order valence-electron chi connectivity index (χ4n) is 4.91. The number of amides is 1. The Morgan fingerprint density at radius 3 is 2.44 bits per heavy atom. The van der Waals surface area contributed by atoms with E-state index in [4.69, 9.17) is 9.26 Å². The number of carbonyl (C=O) groups is 1. The van der Waals surface area contributed by atoms with Gasteiger partial charge in [0.05, 0.1) is 30.5 Å². The third-order valence-corrected chi connectivity index (χ3v) is 10.8. The van der Waals surface area contributed by atoms with Crippen LogP contribution in [0.3, 0.4) is 0 Å². The van der Waals surface area contributed by atoms with E-state index in [1.165, 1.54) is 56.1 Å². The van der Waals surface area contributed by atoms with Crippen LogP contribution in [0.1, 0.15) is 30.9 Å². The zero-order chi connectivity index (χ0) is 31.7. The molecule has 0 unspecified atom stereocenters. The monoisotopic (exact) mass is 638 g/mol. The molecule has 2 heterocycles. The van der Waals surface area contributed by atoms with Gasteiger partial charge < -0.3 is 19.3 Å². The van der Waals surface area contributed by atoms with E-state index in [0.29, 0.717) is 5.56 Å². The molecule has 2 aromatic carbocycles. The Kier molecular flexibility index (Phi) is 9.49. The van der Waals surface area contributed by atoms with Gasteiger partial charge in [0.2, 0.25) is 15.9 Å². The molecule has 3 atom stereocenters. The van der Waals surface area contributed by atoms with Gasteiger partial charge in [-0.05, 0) is 63.2 Å². The average molecular weight is 639 g/mol. The van der Waals surface area contributed by atoms with Crippen molar-refractivity contribution in [2.45, 2.75) is 56.1 Å². The zero-order valence-electron chi connectivity index (χ0n) is 24.4. The smallest absolute Gasteiger partial charge is 0.267 e. The number of sulfonamides is 2. The molecule has 1 aliphatic heterocycles. The molecule has 12 nitrogen and oxygen atoms in total. The van der Waals surface area contributed by atoms with Crippen molar-refractivity contribution >= 4 is 31.6 Å². The minimum Gasteiger partial charge on any atom is -0.488 e. The molecule has 0 saturated heterocycles. The highest BCUT2D eigenvalue weighted by atomic mass is 32.2. The van der Waals surface area contributed by atoms with Crippen LogP contribution in [0, 0.1) is 25.6 Å². The number of fused-ring (bicyclic) bond motifs is 1. The lowest BCUT2D eigenvalue weighted by Gasteiger charge is -2.33. The quantitative estimate of drug-likeness (QED) is 0.359. The van der Waals surface area contributed by atoms with E-state index < -0.39 is 43.9 Å². The predicted octanol–water partition coefficient (Wildman–Crippen LogP) is 2.70. The maximum absolute atomic E-state index is 13.5. The van der Waals surface area contributed by atoms with Gasteiger partial charge in [-0.2, -0.15) is 4.31 Å². The summed E-state index contributed by atoms with van der Waals surface area (Å²) in [5.74, 6) is -0.889. The number of aliphatic hydroxyl groups excluding tert-OH is 1. The van der Waals surface area contributed by atoms with Crippen LogP contribution in [0.15, 0.2) is 56.8 Å². The highest BCUT2D eigenvalue weighted by molar-refractivity contribution is 7.92. The average Bonchev–Trinajstić information content (AvgIpc) is 3.31. The van der Waals surface area contributed by atoms with Gasteiger partial charge in [-0.1, -0.05) is 12.1 Å². The van der Waals surface area contributed by atoms with Gasteiger partial charge in [0.25, 0.3) is 10.0 Å². The summed E-state index contributed by atoms with van der Waals surface area (Å²) in [6.45, 7) is 6.24. The van der Waals surface area contributed by atoms with Crippen LogP contribution in [-0.4, -0.2) is 81.1 Å². The number of aliphatic hydroxyl groups is 1. The first-order valence-electron chi connectivity index (χ1n) is 13.5. The summed E-state index contributed by atoms with van der Waals surface area (Å²) in [7, 11) is -6.70. The molecule has 0 saturated carbocycles. The largest absolute Gasteiger partial charge is 0.488 e. The van der Waals surface area contributed by atoms with Crippen LogP contribution >= 0.6 is 0 Å². The van der Waals surface area contributed by atoms with E-state index in [0.717, 1.165) is 16.4 Å². The molecule has 2 N–H and O–H groups in total. The zero-order valence-corrected chi connectivity index (χ0v) is 26.1. The molecule has 0 bridgehead atoms. The first kappa shape index (κ1) is 32.4. The number of nitrogens with one attached hydrogen (secondary N) is 1. The maximum atomic E-state index is 13.5. The van der Waals surface area contributed by atoms with Crippen molar-refractivity contribution in [2.75, 3.05) is 31.5 Å². The van der Waals surface area contributed by atoms with Crippen molar-refractivity contribution in [1.82, 2.24) is 14.4 Å². The summed E-state index contributed by atoms with van der Waals surface area (Å²) in [4.78, 5) is 14.8. The lowest BCUT2D eigenvalue weighted by atomic mass is 10.0. The number of benzene rings is 2. The minimum absolute atomic E-state index is 0.0894. The standard InChI is InChI=1S/C28H35FN4O8S2/c1-17-14-33(18(2)16-34)27(35)13-21-12-23(31-42(36,37)28-19(3)30-41-20(28)4)8-11-25(21)40-26(17)15-32(5)43(38,39)24-9-6-22(29)7-10-24/h6-12,17-18,26,31,34H,13-16H2,1-5H3/t17-,18-,26+/m0/s1. The highest BCUT2D eigenvalue weighted by Crippen LogP contribution is 2.31. The van der Waals surface area contributed by atoms with Crippen LogP contribution in [0.5, 0.6) is 5.75 Å². The number of rotatable bonds is 9. The van der Waals surface area contributed by atoms with Gasteiger partial charge in [-0.15, -0.1) is 0 Å². The summed E-state index contributed by atoms with van der Waals surface area (Å²) in [5.41, 5.74) is 0.718. The van der Waals surface area contributed by atoms with E-state index in [1.54, 1.807) is 6.92 Å². The van der Waals surface area contributed by atoms with Gasteiger partial charge in [0.1, 0.15) is 23.4 Å². The van der Waals surface area contributed by atoms with Crippen molar-refractivity contribution in [1.29, 1.82) is 0 Å². The number of nitrogens with zero attached hydrogens (tertiary/aromatic N) is 3. The van der Waals surface area contributed by atoms with Gasteiger partial charge in [0.15, 0.2) is 10.7 Å². The van der Waals surface area contributed by atoms with Gasteiger partial charge in [0, 0.05) is 30.8 Å². The SMILES string of the molecule is Cc1noc(C)c1S(=O)(=O)Nc1ccc2c(c1)CC(=O)N([C@@H](C)CO)C[C@H](C)[C@@H](CN(C)S(=O)(=O)c1ccc(F)cc1)O2. The highest BCUT2D eigenvalue weighted by Gasteiger charge is 2.34. The van der Waals surface area contributed by atoms with Crippen molar-refractivity contribution in [3.8, 4) is 5.75 Å². The molecular formula is C28H35FN4O8S2. The summed E-state index contributed by atoms with van der Waals surface area (Å²) >= 11 is 0. The Balaban J connectivity index is 1.69. The number of hydrogen-bond acceptors (Lipinski definition) is 9. The molecule has 1 aromatic heterocycles. The Labute approximate surface area is 250 Å². The third-order valence-electron chi connectivity index (χ3n) is 7.36. The van der Waals surface area contributed by atoms with Crippen LogP contribution < -0.4 is 9.46 Å². The summed E-state index contributed by atoms with van der Waals surface area (Å²) in [6.07, 6.45) is -0.924. The molecule has 0 aliphatic carbocycles. The van der Waals surface area contributed by atoms with Gasteiger partial charge >= 0.3 is 0 Å². The van der Waals surface area contributed by atoms with Crippen LogP contribution in [0.2, 0.25) is 0 Å². The molecule has 0 spiro atoms. The van der Waals surface area contributed by atoms with E-state index in [1.807, 2.05) is 6.92 Å². The lowest BCUT2D eigenvalue weighted by Crippen LogP contribution is -2.48. The number of likely N-dealkylation sites (N-methyl/N-ethyl adjacent to an activating group) is 1. The molecule has 43 heavy (non-hydrogen) atoms. The molecule has 15 heteroatoms. The maximum Gasteiger partial charge on any atom is 0.267 e. The Bertz CT molecular complexity index is 1670. The number of halogens is 1. The summed E-state index contributed by atoms with van der Waals surface area (Å²) < 4.78 is 81.1. The second kappa shape index (κ2) is 12.6. The second-order valence-electron chi connectivity index (χ2n) is 10.7. The topological polar surface area (TPSA) is 159 Å². The van der Waals surface area contributed by atoms with Gasteiger partial charge in [-0.25, -0.2) is 21.2 Å². The van der Waals surface area contributed by atoms with Crippen LogP contribution in [0.25, 0.3) is 0 Å². The summed E-state index contributed by atoms with van der Waals surface area (Å²) in [6, 6.07) is 8.42. The van der Waals surface area contributed by atoms with Gasteiger partial charge in [-0.3, -0.25) is 9.52 Å². The normalized spacial score (nSPS) is 18.8. The summed E-state index contributed by atoms with van der Waals surface area (Å²) in [5, 5.41) is 13.6. The molecule has 234 valence electrons. The van der Waals surface area contributed by atoms with Crippen molar-refractivity contribution in [3.63, 3.8) is 0 Å². The Morgan fingerprint density at radius 1 is 1.16 bits per heavy atom. The molecule has 1 aliphatic rings. The number of anilines is 1. The van der Waals surface area contributed by atoms with Crippen molar-refractivity contribution in [3.05, 3.63) is 65.3 Å². The number of hydrogen-bond donors (Lipinski definition) is 2. The molecule has 1 amide bonds. The molecular weight excluding hydrogens is 603 g/mol. The first-order chi connectivity index (χ1) is 20.1. The third kappa shape index (κ3) is 7.00. The van der Waals surface area contributed by atoms with E-state index in [2.05, 4.69) is 9.88 Å². The van der Waals surface area contributed by atoms with E-state index in [9.17, 15) is 31.1 Å². The first-order valence-corrected chi connectivity index (χ1v) is 16.4. The number of ether oxygens (including phenoxy) is 1. The molecule has 0 radical (unpaired) electrons. The molecule has 4 rings (SSSR count). The lowest BCUT2D eigenvalue weighted by molar-refractivity contribution is -0.134. The van der Waals surface area contributed by atoms with Crippen molar-refractivity contribution < 1.29 is 40.4 Å². The Hall–Kier alpha value is -3.53. The minimum atomic E-state index is -4.08. The number of aryl methyl sites for hydroxylation is 2. The van der Waals surface area contributed by atoms with E-state index in [-0.39, 0.29) is 64.7 Å². The predicted molar refractivity (Wildman–Crippen MR) is 155 cm³/mol. The van der Waals surface area contributed by atoms with Crippen LogP contribution in [-0.2, 0) is 31.3 Å². The molecule has 0 fully saturated rings. The number of aromatic nitrogens is 1. The second-order valence-corrected chi connectivity index (χ2v) is 14.4. The Morgan fingerprint density at radius 2 is 1.84 bits per heavy atom. The van der Waals surface area contributed by atoms with Crippen molar-refractivity contribution in [2.24, 2.45) is 5.92 Å².